The first-order chi connectivity index (χ1) is 18.2. The van der Waals surface area contributed by atoms with Crippen molar-refractivity contribution in [3.05, 3.63) is 48.3 Å². The highest BCUT2D eigenvalue weighted by Crippen LogP contribution is 2.43. The highest BCUT2D eigenvalue weighted by molar-refractivity contribution is 7.92. The number of carbonyl (C=O) groups excluding carboxylic acids is 2. The van der Waals surface area contributed by atoms with Gasteiger partial charge in [-0.15, -0.1) is 0 Å². The van der Waals surface area contributed by atoms with Crippen LogP contribution in [0.5, 0.6) is 5.75 Å². The van der Waals surface area contributed by atoms with Crippen molar-refractivity contribution in [2.45, 2.75) is 62.9 Å². The van der Waals surface area contributed by atoms with E-state index in [1.165, 1.54) is 0 Å². The topological polar surface area (TPSA) is 131 Å². The fraction of sp³-hybridized carbons (Fsp3) is 0.440. The smallest absolute Gasteiger partial charge is 0.411 e. The monoisotopic (exact) mass is 589 g/mol. The van der Waals surface area contributed by atoms with Crippen LogP contribution >= 0.6 is 0 Å². The summed E-state index contributed by atoms with van der Waals surface area (Å²) in [6.07, 6.45) is -8.13. The molecule has 0 saturated heterocycles. The molecule has 2 aromatic rings. The standard InChI is InChI=1S/C25H30F4N4O6S/c1-23(2,3)31-21(34)30-13-17-14-32(40(37,38)18-9-6-15(26)7-10-18)19-12-16(8-11-20(19)39-17)33(22(35)36)24(4,5)25(27,28)29/h6-12,17H,13-14H2,1-5H3,(H,35,36)(H2,30,31,34)/p-1/t17-/m0/s1. The van der Waals surface area contributed by atoms with Gasteiger partial charge in [-0.3, -0.25) is 4.31 Å². The third kappa shape index (κ3) is 6.51. The van der Waals surface area contributed by atoms with Gasteiger partial charge in [0.1, 0.15) is 29.3 Å². The molecule has 0 spiro atoms. The minimum absolute atomic E-state index is 0.0273. The first-order valence-corrected chi connectivity index (χ1v) is 13.4. The number of fused-ring (bicyclic) bond motifs is 1. The zero-order chi connectivity index (χ0) is 30.3. The number of nitrogens with one attached hydrogen (secondary N) is 2. The van der Waals surface area contributed by atoms with Crippen molar-refractivity contribution in [1.29, 1.82) is 0 Å². The molecule has 15 heteroatoms. The highest BCUT2D eigenvalue weighted by atomic mass is 32.2. The number of hydrogen-bond acceptors (Lipinski definition) is 6. The van der Waals surface area contributed by atoms with Gasteiger partial charge in [0.2, 0.25) is 0 Å². The molecular weight excluding hydrogens is 560 g/mol. The quantitative estimate of drug-likeness (QED) is 0.497. The average Bonchev–Trinajstić information content (AvgIpc) is 2.80. The third-order valence-corrected chi connectivity index (χ3v) is 7.74. The van der Waals surface area contributed by atoms with Crippen LogP contribution in [0.15, 0.2) is 47.4 Å². The number of ether oxygens (including phenoxy) is 1. The van der Waals surface area contributed by atoms with E-state index >= 15 is 0 Å². The Morgan fingerprint density at radius 1 is 1.07 bits per heavy atom. The van der Waals surface area contributed by atoms with Crippen molar-refractivity contribution in [3.63, 3.8) is 0 Å². The second-order valence-corrected chi connectivity index (χ2v) is 12.5. The number of sulfonamides is 1. The first kappa shape index (κ1) is 30.8. The van der Waals surface area contributed by atoms with E-state index in [1.54, 1.807) is 20.8 Å². The van der Waals surface area contributed by atoms with Crippen LogP contribution in [-0.2, 0) is 10.0 Å². The zero-order valence-corrected chi connectivity index (χ0v) is 23.1. The molecule has 0 aliphatic carbocycles. The van der Waals surface area contributed by atoms with E-state index in [9.17, 15) is 40.7 Å². The number of benzene rings is 2. The number of amides is 3. The van der Waals surface area contributed by atoms with Crippen LogP contribution in [0.4, 0.5) is 38.5 Å². The lowest BCUT2D eigenvalue weighted by atomic mass is 10.0. The Hall–Kier alpha value is -3.75. The maximum atomic E-state index is 13.8. The molecule has 1 heterocycles. The minimum Gasteiger partial charge on any atom is -0.530 e. The lowest BCUT2D eigenvalue weighted by molar-refractivity contribution is -0.254. The Bertz CT molecular complexity index is 1380. The van der Waals surface area contributed by atoms with E-state index in [0.29, 0.717) is 13.8 Å². The van der Waals surface area contributed by atoms with Gasteiger partial charge in [-0.2, -0.15) is 13.2 Å². The number of rotatable bonds is 6. The van der Waals surface area contributed by atoms with Crippen molar-refractivity contribution in [1.82, 2.24) is 10.6 Å². The predicted octanol–water partition coefficient (Wildman–Crippen LogP) is 3.37. The molecule has 1 atom stereocenters. The van der Waals surface area contributed by atoms with E-state index < -0.39 is 63.6 Å². The van der Waals surface area contributed by atoms with Gasteiger partial charge in [0.15, 0.2) is 0 Å². The van der Waals surface area contributed by atoms with E-state index in [-0.39, 0.29) is 27.8 Å². The Morgan fingerprint density at radius 2 is 1.68 bits per heavy atom. The molecule has 220 valence electrons. The fourth-order valence-electron chi connectivity index (χ4n) is 3.88. The maximum absolute atomic E-state index is 13.8. The number of anilines is 2. The normalized spacial score (nSPS) is 16.0. The Labute approximate surface area is 229 Å². The van der Waals surface area contributed by atoms with Crippen LogP contribution < -0.4 is 29.7 Å². The fourth-order valence-corrected chi connectivity index (χ4v) is 5.38. The number of nitrogens with zero attached hydrogens (tertiary/aromatic N) is 2. The summed E-state index contributed by atoms with van der Waals surface area (Å²) in [5.41, 5.74) is -4.29. The Kier molecular flexibility index (Phi) is 8.21. The lowest BCUT2D eigenvalue weighted by Crippen LogP contribution is -2.60. The van der Waals surface area contributed by atoms with Crippen molar-refractivity contribution in [3.8, 4) is 5.75 Å². The molecule has 2 N–H and O–H groups in total. The van der Waals surface area contributed by atoms with Crippen LogP contribution in [0.3, 0.4) is 0 Å². The molecule has 0 bridgehead atoms. The van der Waals surface area contributed by atoms with E-state index in [2.05, 4.69) is 10.6 Å². The first-order valence-electron chi connectivity index (χ1n) is 12.0. The Morgan fingerprint density at radius 3 is 2.20 bits per heavy atom. The lowest BCUT2D eigenvalue weighted by Gasteiger charge is -2.42. The van der Waals surface area contributed by atoms with Crippen LogP contribution in [0, 0.1) is 5.82 Å². The average molecular weight is 590 g/mol. The van der Waals surface area contributed by atoms with Gasteiger partial charge in [-0.25, -0.2) is 17.6 Å². The zero-order valence-electron chi connectivity index (χ0n) is 22.3. The van der Waals surface area contributed by atoms with Crippen molar-refractivity contribution in [2.75, 3.05) is 22.3 Å². The third-order valence-electron chi connectivity index (χ3n) is 5.95. The number of alkyl halides is 3. The molecule has 0 fully saturated rings. The summed E-state index contributed by atoms with van der Waals surface area (Å²) in [6, 6.07) is 6.38. The van der Waals surface area contributed by atoms with E-state index in [0.717, 1.165) is 46.8 Å². The second-order valence-electron chi connectivity index (χ2n) is 10.6. The molecule has 3 rings (SSSR count). The van der Waals surface area contributed by atoms with Crippen LogP contribution in [-0.4, -0.2) is 57.0 Å². The van der Waals surface area contributed by atoms with Gasteiger partial charge in [0.25, 0.3) is 10.0 Å². The molecule has 2 aromatic carbocycles. The summed E-state index contributed by atoms with van der Waals surface area (Å²) in [5, 5.41) is 17.1. The molecule has 1 aliphatic heterocycles. The summed E-state index contributed by atoms with van der Waals surface area (Å²) in [7, 11) is -4.46. The molecule has 0 radical (unpaired) electrons. The van der Waals surface area contributed by atoms with E-state index in [1.807, 2.05) is 0 Å². The molecule has 0 unspecified atom stereocenters. The number of hydrogen-bond donors (Lipinski definition) is 2. The number of urea groups is 1. The predicted molar refractivity (Wildman–Crippen MR) is 136 cm³/mol. The summed E-state index contributed by atoms with van der Waals surface area (Å²) >= 11 is 0. The number of halogens is 4. The highest BCUT2D eigenvalue weighted by Gasteiger charge is 2.52. The van der Waals surface area contributed by atoms with Gasteiger partial charge in [0, 0.05) is 11.2 Å². The van der Waals surface area contributed by atoms with Crippen LogP contribution in [0.1, 0.15) is 34.6 Å². The SMILES string of the molecule is CC(C)(C)NC(=O)NC[C@H]1CN(S(=O)(=O)c2ccc(F)cc2)c2cc(N(C(=O)[O-])C(C)(C)C(F)(F)F)ccc2O1. The van der Waals surface area contributed by atoms with Gasteiger partial charge >= 0.3 is 12.2 Å². The molecule has 40 heavy (non-hydrogen) atoms. The molecular formula is C25H29F4N4O6S-. The molecule has 10 nitrogen and oxygen atoms in total. The van der Waals surface area contributed by atoms with Crippen molar-refractivity contribution < 1.29 is 45.4 Å². The minimum atomic E-state index is -5.01. The molecule has 1 aliphatic rings. The maximum Gasteiger partial charge on any atom is 0.411 e. The van der Waals surface area contributed by atoms with Gasteiger partial charge in [-0.1, -0.05) is 0 Å². The van der Waals surface area contributed by atoms with Crippen molar-refractivity contribution in [2.24, 2.45) is 0 Å². The van der Waals surface area contributed by atoms with E-state index in [4.69, 9.17) is 4.74 Å². The second kappa shape index (κ2) is 10.7. The van der Waals surface area contributed by atoms with Gasteiger partial charge in [-0.05, 0) is 77.1 Å². The van der Waals surface area contributed by atoms with Gasteiger partial charge in [0.05, 0.1) is 23.7 Å². The summed E-state index contributed by atoms with van der Waals surface area (Å²) in [4.78, 5) is 23.7. The van der Waals surface area contributed by atoms with Crippen LogP contribution in [0.25, 0.3) is 0 Å². The van der Waals surface area contributed by atoms with Crippen LogP contribution in [0.2, 0.25) is 0 Å². The summed E-state index contributed by atoms with van der Waals surface area (Å²) < 4.78 is 88.7. The Balaban J connectivity index is 2.08. The summed E-state index contributed by atoms with van der Waals surface area (Å²) in [6.45, 7) is 5.95. The largest absolute Gasteiger partial charge is 0.530 e. The molecule has 0 aromatic heterocycles. The molecule has 3 amide bonds. The summed E-state index contributed by atoms with van der Waals surface area (Å²) in [5.74, 6) is -0.804. The number of carboxylic acid groups (broad SMARTS) is 1. The van der Waals surface area contributed by atoms with Crippen molar-refractivity contribution >= 4 is 33.5 Å². The molecule has 0 saturated carbocycles. The number of carbonyl (C=O) groups is 2. The van der Waals surface area contributed by atoms with Gasteiger partial charge < -0.3 is 30.2 Å².